The van der Waals surface area contributed by atoms with Crippen LogP contribution in [0.1, 0.15) is 11.1 Å². The Kier molecular flexibility index (Phi) is 5.48. The highest BCUT2D eigenvalue weighted by Gasteiger charge is 2.01. The molecule has 0 aliphatic rings. The third-order valence-corrected chi connectivity index (χ3v) is 3.65. The Labute approximate surface area is 146 Å². The molecule has 0 fully saturated rings. The van der Waals surface area contributed by atoms with Crippen molar-refractivity contribution in [3.05, 3.63) is 95.0 Å². The van der Waals surface area contributed by atoms with Gasteiger partial charge in [-0.05, 0) is 42.0 Å². The molecule has 3 aromatic carbocycles. The van der Waals surface area contributed by atoms with Crippen molar-refractivity contribution in [1.29, 1.82) is 0 Å². The van der Waals surface area contributed by atoms with Crippen molar-refractivity contribution in [2.75, 3.05) is 5.43 Å². The van der Waals surface area contributed by atoms with Crippen LogP contribution in [0, 0.1) is 0 Å². The van der Waals surface area contributed by atoms with E-state index >= 15 is 0 Å². The Morgan fingerprint density at radius 2 is 1.58 bits per heavy atom. The second kappa shape index (κ2) is 8.18. The summed E-state index contributed by atoms with van der Waals surface area (Å²) in [5, 5.41) is 4.96. The molecule has 0 aromatic heterocycles. The van der Waals surface area contributed by atoms with Crippen molar-refractivity contribution < 1.29 is 4.74 Å². The van der Waals surface area contributed by atoms with Crippen LogP contribution >= 0.6 is 11.6 Å². The Balaban J connectivity index is 1.65. The number of halogens is 1. The van der Waals surface area contributed by atoms with Crippen LogP contribution in [0.5, 0.6) is 5.75 Å². The lowest BCUT2D eigenvalue weighted by atomic mass is 10.2. The van der Waals surface area contributed by atoms with Crippen molar-refractivity contribution >= 4 is 23.5 Å². The van der Waals surface area contributed by atoms with Gasteiger partial charge in [0.1, 0.15) is 12.4 Å². The monoisotopic (exact) mass is 336 g/mol. The number of ether oxygens (including phenoxy) is 1. The summed E-state index contributed by atoms with van der Waals surface area (Å²) < 4.78 is 5.91. The molecule has 0 saturated heterocycles. The summed E-state index contributed by atoms with van der Waals surface area (Å²) >= 11 is 5.86. The van der Waals surface area contributed by atoms with Gasteiger partial charge in [-0.1, -0.05) is 54.1 Å². The van der Waals surface area contributed by atoms with E-state index in [1.54, 1.807) is 6.21 Å². The summed E-state index contributed by atoms with van der Waals surface area (Å²) in [4.78, 5) is 0. The zero-order valence-electron chi connectivity index (χ0n) is 13.0. The maximum atomic E-state index is 5.91. The molecule has 24 heavy (non-hydrogen) atoms. The maximum absolute atomic E-state index is 5.91. The average molecular weight is 337 g/mol. The highest BCUT2D eigenvalue weighted by atomic mass is 35.5. The Bertz CT molecular complexity index is 801. The molecule has 0 unspecified atom stereocenters. The van der Waals surface area contributed by atoms with Gasteiger partial charge in [0.05, 0.1) is 11.9 Å². The van der Waals surface area contributed by atoms with Crippen LogP contribution in [0.4, 0.5) is 5.69 Å². The van der Waals surface area contributed by atoms with Crippen LogP contribution < -0.4 is 10.2 Å². The number of benzene rings is 3. The van der Waals surface area contributed by atoms with Crippen molar-refractivity contribution in [3.63, 3.8) is 0 Å². The predicted octanol–water partition coefficient (Wildman–Crippen LogP) is 5.37. The first kappa shape index (κ1) is 16.1. The largest absolute Gasteiger partial charge is 0.488 e. The van der Waals surface area contributed by atoms with Gasteiger partial charge in [-0.3, -0.25) is 5.43 Å². The van der Waals surface area contributed by atoms with Crippen LogP contribution in [-0.2, 0) is 6.61 Å². The first-order chi connectivity index (χ1) is 11.8. The van der Waals surface area contributed by atoms with Crippen molar-refractivity contribution in [3.8, 4) is 5.75 Å². The lowest BCUT2D eigenvalue weighted by Gasteiger charge is -2.09. The highest BCUT2D eigenvalue weighted by molar-refractivity contribution is 6.30. The summed E-state index contributed by atoms with van der Waals surface area (Å²) in [6, 6.07) is 25.3. The fourth-order valence-corrected chi connectivity index (χ4v) is 2.28. The van der Waals surface area contributed by atoms with E-state index in [0.29, 0.717) is 11.6 Å². The summed E-state index contributed by atoms with van der Waals surface area (Å²) in [5.74, 6) is 0.794. The van der Waals surface area contributed by atoms with Crippen LogP contribution in [0.3, 0.4) is 0 Å². The zero-order chi connectivity index (χ0) is 16.6. The summed E-state index contributed by atoms with van der Waals surface area (Å²) in [6.45, 7) is 0.524. The first-order valence-corrected chi connectivity index (χ1v) is 7.99. The number of hydrogen-bond acceptors (Lipinski definition) is 3. The molecule has 0 aliphatic heterocycles. The fourth-order valence-electron chi connectivity index (χ4n) is 2.15. The minimum Gasteiger partial charge on any atom is -0.488 e. The van der Waals surface area contributed by atoms with Gasteiger partial charge in [-0.25, -0.2) is 0 Å². The van der Waals surface area contributed by atoms with Gasteiger partial charge in [0, 0.05) is 10.6 Å². The molecule has 3 nitrogen and oxygen atoms in total. The van der Waals surface area contributed by atoms with Crippen LogP contribution in [-0.4, -0.2) is 6.21 Å². The highest BCUT2D eigenvalue weighted by Crippen LogP contribution is 2.18. The Morgan fingerprint density at radius 1 is 0.875 bits per heavy atom. The lowest BCUT2D eigenvalue weighted by Crippen LogP contribution is -1.99. The average Bonchev–Trinajstić information content (AvgIpc) is 2.63. The summed E-state index contributed by atoms with van der Waals surface area (Å²) in [5.41, 5.74) is 5.89. The first-order valence-electron chi connectivity index (χ1n) is 7.62. The van der Waals surface area contributed by atoms with Crippen molar-refractivity contribution in [2.45, 2.75) is 6.61 Å². The van der Waals surface area contributed by atoms with Crippen LogP contribution in [0.25, 0.3) is 0 Å². The van der Waals surface area contributed by atoms with E-state index in [2.05, 4.69) is 10.5 Å². The van der Waals surface area contributed by atoms with Crippen molar-refractivity contribution in [2.24, 2.45) is 5.10 Å². The molecule has 0 bridgehead atoms. The molecule has 120 valence electrons. The van der Waals surface area contributed by atoms with E-state index in [0.717, 1.165) is 22.6 Å². The van der Waals surface area contributed by atoms with E-state index in [1.165, 1.54) is 0 Å². The van der Waals surface area contributed by atoms with Gasteiger partial charge in [-0.15, -0.1) is 0 Å². The topological polar surface area (TPSA) is 33.6 Å². The lowest BCUT2D eigenvalue weighted by molar-refractivity contribution is 0.306. The molecule has 0 saturated carbocycles. The second-order valence-corrected chi connectivity index (χ2v) is 5.63. The second-order valence-electron chi connectivity index (χ2n) is 5.19. The number of nitrogens with zero attached hydrogens (tertiary/aromatic N) is 1. The van der Waals surface area contributed by atoms with Crippen LogP contribution in [0.15, 0.2) is 84.0 Å². The molecular weight excluding hydrogens is 320 g/mol. The van der Waals surface area contributed by atoms with E-state index < -0.39 is 0 Å². The third-order valence-electron chi connectivity index (χ3n) is 3.40. The van der Waals surface area contributed by atoms with Gasteiger partial charge in [0.15, 0.2) is 0 Å². The fraction of sp³-hybridized carbons (Fsp3) is 0.0500. The quantitative estimate of drug-likeness (QED) is 0.485. The molecule has 0 spiro atoms. The maximum Gasteiger partial charge on any atom is 0.128 e. The summed E-state index contributed by atoms with van der Waals surface area (Å²) in [7, 11) is 0. The van der Waals surface area contributed by atoms with E-state index in [9.17, 15) is 0 Å². The smallest absolute Gasteiger partial charge is 0.128 e. The Morgan fingerprint density at radius 3 is 2.38 bits per heavy atom. The van der Waals surface area contributed by atoms with E-state index in [1.807, 2.05) is 78.9 Å². The van der Waals surface area contributed by atoms with Gasteiger partial charge in [0.25, 0.3) is 0 Å². The van der Waals surface area contributed by atoms with Gasteiger partial charge < -0.3 is 4.74 Å². The minimum atomic E-state index is 0.524. The molecule has 4 heteroatoms. The molecule has 1 N–H and O–H groups in total. The number of nitrogens with one attached hydrogen (secondary N) is 1. The minimum absolute atomic E-state index is 0.524. The molecule has 0 heterocycles. The van der Waals surface area contributed by atoms with Gasteiger partial charge in [0.2, 0.25) is 0 Å². The number of hydrogen-bond donors (Lipinski definition) is 1. The van der Waals surface area contributed by atoms with E-state index in [-0.39, 0.29) is 0 Å². The molecule has 0 atom stereocenters. The molecule has 3 aromatic rings. The standard InChI is InChI=1S/C20H17ClN2O/c21-18-10-12-19(13-11-18)23-22-14-17-8-4-5-9-20(17)24-15-16-6-2-1-3-7-16/h1-14,23H,15H2/b22-14-. The molecule has 0 aliphatic carbocycles. The molecular formula is C20H17ClN2O. The van der Waals surface area contributed by atoms with Gasteiger partial charge >= 0.3 is 0 Å². The van der Waals surface area contributed by atoms with Crippen molar-refractivity contribution in [1.82, 2.24) is 0 Å². The number of hydrazone groups is 1. The predicted molar refractivity (Wildman–Crippen MR) is 99.9 cm³/mol. The zero-order valence-corrected chi connectivity index (χ0v) is 13.8. The number of para-hydroxylation sites is 1. The summed E-state index contributed by atoms with van der Waals surface area (Å²) in [6.07, 6.45) is 1.74. The molecule has 0 amide bonds. The van der Waals surface area contributed by atoms with E-state index in [4.69, 9.17) is 16.3 Å². The Hall–Kier alpha value is -2.78. The van der Waals surface area contributed by atoms with Gasteiger partial charge in [-0.2, -0.15) is 5.10 Å². The third kappa shape index (κ3) is 4.61. The normalized spacial score (nSPS) is 10.7. The SMILES string of the molecule is Clc1ccc(N/N=C\c2ccccc2OCc2ccccc2)cc1. The molecule has 3 rings (SSSR count). The number of anilines is 1. The number of rotatable bonds is 6. The molecule has 0 radical (unpaired) electrons. The van der Waals surface area contributed by atoms with Crippen LogP contribution in [0.2, 0.25) is 5.02 Å².